The molecule has 0 aliphatic carbocycles. The van der Waals surface area contributed by atoms with Crippen molar-refractivity contribution in [3.8, 4) is 23.3 Å². The summed E-state index contributed by atoms with van der Waals surface area (Å²) >= 11 is 12.6. The summed E-state index contributed by atoms with van der Waals surface area (Å²) in [6.45, 7) is 3.10. The summed E-state index contributed by atoms with van der Waals surface area (Å²) in [7, 11) is 0. The lowest BCUT2D eigenvalue weighted by Crippen LogP contribution is -2.33. The summed E-state index contributed by atoms with van der Waals surface area (Å²) in [6, 6.07) is 5.72. The van der Waals surface area contributed by atoms with E-state index in [0.29, 0.717) is 5.56 Å². The van der Waals surface area contributed by atoms with Crippen molar-refractivity contribution in [2.24, 2.45) is 0 Å². The number of benzene rings is 1. The molecule has 3 aromatic rings. The van der Waals surface area contributed by atoms with E-state index in [-0.39, 0.29) is 38.7 Å². The first kappa shape index (κ1) is 22.3. The SMILES string of the molecule is CC(C)c1cc(Oc2c(Cl)cc(-n3nc(C#N)c(=O)[nH]c3=O)cc2Cl)cn(CO)c1=O. The molecule has 2 N–H and O–H groups in total. The monoisotopic (exact) mass is 463 g/mol. The largest absolute Gasteiger partial charge is 0.453 e. The van der Waals surface area contributed by atoms with Crippen molar-refractivity contribution in [1.82, 2.24) is 19.3 Å². The zero-order valence-corrected chi connectivity index (χ0v) is 17.7. The lowest BCUT2D eigenvalue weighted by Gasteiger charge is -2.15. The maximum atomic E-state index is 12.3. The average Bonchev–Trinajstić information content (AvgIpc) is 2.71. The molecule has 0 amide bonds. The fraction of sp³-hybridized carbons (Fsp3) is 0.211. The molecule has 0 saturated carbocycles. The number of rotatable bonds is 5. The van der Waals surface area contributed by atoms with Crippen LogP contribution in [-0.4, -0.2) is 24.4 Å². The minimum absolute atomic E-state index is 0.00578. The molecule has 1 aromatic carbocycles. The van der Waals surface area contributed by atoms with Crippen LogP contribution in [0.4, 0.5) is 0 Å². The van der Waals surface area contributed by atoms with Crippen LogP contribution in [0.25, 0.3) is 5.69 Å². The van der Waals surface area contributed by atoms with Crippen molar-refractivity contribution in [3.05, 3.63) is 76.9 Å². The Morgan fingerprint density at radius 1 is 1.23 bits per heavy atom. The molecule has 0 unspecified atom stereocenters. The van der Waals surface area contributed by atoms with E-state index in [1.165, 1.54) is 24.4 Å². The minimum atomic E-state index is -0.916. The number of aromatic amines is 1. The number of halogens is 2. The minimum Gasteiger partial charge on any atom is -0.453 e. The second kappa shape index (κ2) is 8.77. The van der Waals surface area contributed by atoms with E-state index in [9.17, 15) is 19.5 Å². The van der Waals surface area contributed by atoms with Crippen LogP contribution in [0.2, 0.25) is 10.0 Å². The quantitative estimate of drug-likeness (QED) is 0.589. The van der Waals surface area contributed by atoms with Crippen LogP contribution in [0.15, 0.2) is 38.8 Å². The van der Waals surface area contributed by atoms with E-state index < -0.39 is 23.7 Å². The number of nitrogens with one attached hydrogen (secondary N) is 1. The smallest absolute Gasteiger partial charge is 0.349 e. The molecular formula is C19H15Cl2N5O5. The summed E-state index contributed by atoms with van der Waals surface area (Å²) in [5.41, 5.74) is -2.16. The highest BCUT2D eigenvalue weighted by molar-refractivity contribution is 6.37. The fourth-order valence-corrected chi connectivity index (χ4v) is 3.29. The molecule has 0 bridgehead atoms. The molecule has 0 spiro atoms. The normalized spacial score (nSPS) is 10.9. The Kier molecular flexibility index (Phi) is 6.31. The lowest BCUT2D eigenvalue weighted by molar-refractivity contribution is 0.204. The maximum absolute atomic E-state index is 12.3. The maximum Gasteiger partial charge on any atom is 0.349 e. The highest BCUT2D eigenvalue weighted by Gasteiger charge is 2.17. The highest BCUT2D eigenvalue weighted by atomic mass is 35.5. The van der Waals surface area contributed by atoms with E-state index in [1.54, 1.807) is 6.07 Å². The van der Waals surface area contributed by atoms with Gasteiger partial charge < -0.3 is 9.84 Å². The van der Waals surface area contributed by atoms with Gasteiger partial charge in [0.2, 0.25) is 5.69 Å². The molecule has 31 heavy (non-hydrogen) atoms. The number of aromatic nitrogens is 4. The van der Waals surface area contributed by atoms with Gasteiger partial charge in [0.25, 0.3) is 11.1 Å². The van der Waals surface area contributed by atoms with Gasteiger partial charge >= 0.3 is 5.69 Å². The molecule has 2 heterocycles. The van der Waals surface area contributed by atoms with Crippen LogP contribution in [0.5, 0.6) is 11.5 Å². The van der Waals surface area contributed by atoms with Crippen LogP contribution in [0, 0.1) is 11.3 Å². The molecule has 0 saturated heterocycles. The van der Waals surface area contributed by atoms with Crippen LogP contribution in [0.3, 0.4) is 0 Å². The van der Waals surface area contributed by atoms with Gasteiger partial charge in [-0.2, -0.15) is 9.94 Å². The summed E-state index contributed by atoms with van der Waals surface area (Å²) < 4.78 is 7.61. The first-order valence-corrected chi connectivity index (χ1v) is 9.58. The Balaban J connectivity index is 2.08. The molecule has 10 nitrogen and oxygen atoms in total. The number of pyridine rings is 1. The predicted octanol–water partition coefficient (Wildman–Crippen LogP) is 2.13. The second-order valence-corrected chi connectivity index (χ2v) is 7.49. The van der Waals surface area contributed by atoms with Crippen molar-refractivity contribution in [3.63, 3.8) is 0 Å². The number of nitriles is 1. The Morgan fingerprint density at radius 2 is 1.87 bits per heavy atom. The van der Waals surface area contributed by atoms with Gasteiger partial charge in [0, 0.05) is 5.56 Å². The van der Waals surface area contributed by atoms with Crippen LogP contribution in [0.1, 0.15) is 31.0 Å². The first-order chi connectivity index (χ1) is 14.7. The average molecular weight is 464 g/mol. The topological polar surface area (TPSA) is 143 Å². The molecule has 3 rings (SSSR count). The number of aliphatic hydroxyl groups excluding tert-OH is 1. The molecule has 160 valence electrons. The van der Waals surface area contributed by atoms with Gasteiger partial charge in [-0.15, -0.1) is 5.10 Å². The van der Waals surface area contributed by atoms with Crippen molar-refractivity contribution in [1.29, 1.82) is 5.26 Å². The number of H-pyrrole nitrogens is 1. The number of hydrogen-bond acceptors (Lipinski definition) is 7. The Labute approximate surface area is 184 Å². The third-order valence-corrected chi connectivity index (χ3v) is 4.81. The number of ether oxygens (including phenoxy) is 1. The van der Waals surface area contributed by atoms with Crippen LogP contribution >= 0.6 is 23.2 Å². The third kappa shape index (κ3) is 4.39. The molecular weight excluding hydrogens is 449 g/mol. The summed E-state index contributed by atoms with van der Waals surface area (Å²) in [5.74, 6) is 0.109. The summed E-state index contributed by atoms with van der Waals surface area (Å²) in [4.78, 5) is 37.9. The number of hydrogen-bond donors (Lipinski definition) is 2. The Morgan fingerprint density at radius 3 is 2.42 bits per heavy atom. The van der Waals surface area contributed by atoms with Gasteiger partial charge in [0.1, 0.15) is 18.5 Å². The van der Waals surface area contributed by atoms with Crippen LogP contribution < -0.4 is 21.5 Å². The number of nitrogens with zero attached hydrogens (tertiary/aromatic N) is 4. The molecule has 0 radical (unpaired) electrons. The molecule has 0 fully saturated rings. The molecule has 0 aliphatic rings. The van der Waals surface area contributed by atoms with E-state index in [1.807, 2.05) is 18.8 Å². The molecule has 2 aromatic heterocycles. The predicted molar refractivity (Wildman–Crippen MR) is 112 cm³/mol. The van der Waals surface area contributed by atoms with E-state index >= 15 is 0 Å². The third-order valence-electron chi connectivity index (χ3n) is 4.24. The lowest BCUT2D eigenvalue weighted by atomic mass is 10.1. The van der Waals surface area contributed by atoms with Crippen molar-refractivity contribution < 1.29 is 9.84 Å². The molecule has 0 atom stereocenters. The Bertz CT molecular complexity index is 1360. The summed E-state index contributed by atoms with van der Waals surface area (Å²) in [5, 5.41) is 22.1. The highest BCUT2D eigenvalue weighted by Crippen LogP contribution is 2.38. The van der Waals surface area contributed by atoms with Crippen LogP contribution in [-0.2, 0) is 6.73 Å². The fourth-order valence-electron chi connectivity index (χ4n) is 2.74. The van der Waals surface area contributed by atoms with E-state index in [4.69, 9.17) is 33.2 Å². The number of aliphatic hydroxyl groups is 1. The van der Waals surface area contributed by atoms with Gasteiger partial charge in [0.15, 0.2) is 5.75 Å². The molecule has 0 aliphatic heterocycles. The van der Waals surface area contributed by atoms with Gasteiger partial charge in [0.05, 0.1) is 21.9 Å². The van der Waals surface area contributed by atoms with Gasteiger partial charge in [-0.25, -0.2) is 4.79 Å². The van der Waals surface area contributed by atoms with Crippen molar-refractivity contribution in [2.75, 3.05) is 0 Å². The van der Waals surface area contributed by atoms with Gasteiger partial charge in [-0.1, -0.05) is 37.0 Å². The van der Waals surface area contributed by atoms with Crippen molar-refractivity contribution in [2.45, 2.75) is 26.5 Å². The Hall–Kier alpha value is -3.39. The summed E-state index contributed by atoms with van der Waals surface area (Å²) in [6.07, 6.45) is 1.31. The van der Waals surface area contributed by atoms with E-state index in [2.05, 4.69) is 5.10 Å². The van der Waals surface area contributed by atoms with Gasteiger partial charge in [-0.05, 0) is 24.1 Å². The standard InChI is InChI=1S/C19H15Cl2N5O5/c1-9(2)12-5-11(7-25(8-27)18(12)29)31-16-13(20)3-10(4-14(16)21)26-19(30)23-17(28)15(6-22)24-26/h3-5,7,9,27H,8H2,1-2H3,(H,23,28,30). The van der Waals surface area contributed by atoms with Gasteiger partial charge in [-0.3, -0.25) is 19.1 Å². The molecule has 12 heteroatoms. The second-order valence-electron chi connectivity index (χ2n) is 6.67. The zero-order chi connectivity index (χ0) is 22.9. The zero-order valence-electron chi connectivity index (χ0n) is 16.2. The first-order valence-electron chi connectivity index (χ1n) is 8.82. The van der Waals surface area contributed by atoms with E-state index in [0.717, 1.165) is 9.25 Å². The van der Waals surface area contributed by atoms with Crippen molar-refractivity contribution >= 4 is 23.2 Å².